The molecule has 9 nitrogen and oxygen atoms in total. The first-order chi connectivity index (χ1) is 16.5. The fraction of sp³-hybridized carbons (Fsp3) is 0.480. The maximum absolute atomic E-state index is 13.6. The van der Waals surface area contributed by atoms with Crippen molar-refractivity contribution < 1.29 is 14.1 Å². The van der Waals surface area contributed by atoms with E-state index in [1.165, 1.54) is 0 Å². The van der Waals surface area contributed by atoms with Gasteiger partial charge in [0.05, 0.1) is 12.8 Å². The zero-order valence-corrected chi connectivity index (χ0v) is 19.8. The molecular formula is C25H32N7O2+. The van der Waals surface area contributed by atoms with Gasteiger partial charge in [-0.05, 0) is 30.5 Å². The molecular weight excluding hydrogens is 430 g/mol. The number of hydrogen-bond donors (Lipinski definition) is 2. The van der Waals surface area contributed by atoms with Crippen LogP contribution in [0.25, 0.3) is 0 Å². The third-order valence-electron chi connectivity index (χ3n) is 6.78. The molecule has 2 aliphatic heterocycles. The molecule has 0 spiro atoms. The van der Waals surface area contributed by atoms with Crippen LogP contribution in [-0.4, -0.2) is 76.6 Å². The van der Waals surface area contributed by atoms with Gasteiger partial charge in [-0.2, -0.15) is 4.98 Å². The molecule has 2 atom stereocenters. The molecule has 0 bridgehead atoms. The maximum atomic E-state index is 13.6. The number of nitrogens with one attached hydrogen (secondary N) is 1. The topological polar surface area (TPSA) is 109 Å². The van der Waals surface area contributed by atoms with E-state index in [0.29, 0.717) is 36.8 Å². The molecule has 9 heteroatoms. The number of rotatable bonds is 6. The first-order valence-electron chi connectivity index (χ1n) is 12.0. The fourth-order valence-electron chi connectivity index (χ4n) is 4.83. The Bertz CT molecular complexity index is 1140. The second kappa shape index (κ2) is 9.50. The summed E-state index contributed by atoms with van der Waals surface area (Å²) in [7, 11) is 3.64. The highest BCUT2D eigenvalue weighted by Crippen LogP contribution is 2.30. The van der Waals surface area contributed by atoms with E-state index in [4.69, 9.17) is 25.4 Å². The molecule has 1 amide bonds. The van der Waals surface area contributed by atoms with Crippen molar-refractivity contribution in [2.75, 3.05) is 32.6 Å². The molecule has 2 aromatic rings. The van der Waals surface area contributed by atoms with E-state index < -0.39 is 0 Å². The Kier molecular flexibility index (Phi) is 6.28. The molecule has 3 heterocycles. The number of amides is 1. The summed E-state index contributed by atoms with van der Waals surface area (Å²) < 4.78 is 7.29. The second-order valence-corrected chi connectivity index (χ2v) is 9.36. The highest BCUT2D eigenvalue weighted by Gasteiger charge is 2.32. The number of carbonyl (C=O) groups is 1. The molecule has 1 aliphatic carbocycles. The van der Waals surface area contributed by atoms with Crippen LogP contribution in [0.2, 0.25) is 0 Å². The number of benzene rings is 1. The number of hydrogen-bond acceptors (Lipinski definition) is 7. The Labute approximate surface area is 199 Å². The summed E-state index contributed by atoms with van der Waals surface area (Å²) in [6, 6.07) is 8.01. The van der Waals surface area contributed by atoms with Gasteiger partial charge in [0, 0.05) is 31.6 Å². The van der Waals surface area contributed by atoms with Crippen molar-refractivity contribution >= 4 is 29.6 Å². The average Bonchev–Trinajstić information content (AvgIpc) is 2.82. The van der Waals surface area contributed by atoms with E-state index in [1.54, 1.807) is 7.11 Å². The number of anilines is 1. The number of aliphatic imine (C=N–C) groups is 1. The summed E-state index contributed by atoms with van der Waals surface area (Å²) >= 11 is 0. The van der Waals surface area contributed by atoms with Crippen LogP contribution in [0.3, 0.4) is 0 Å². The van der Waals surface area contributed by atoms with Crippen LogP contribution in [0.4, 0.5) is 11.8 Å². The fourth-order valence-corrected chi connectivity index (χ4v) is 4.83. The van der Waals surface area contributed by atoms with Gasteiger partial charge >= 0.3 is 0 Å². The van der Waals surface area contributed by atoms with E-state index in [1.807, 2.05) is 47.0 Å². The van der Waals surface area contributed by atoms with Crippen LogP contribution < -0.4 is 15.8 Å². The molecule has 178 valence electrons. The van der Waals surface area contributed by atoms with Crippen molar-refractivity contribution in [3.8, 4) is 5.75 Å². The molecule has 1 saturated carbocycles. The molecule has 0 radical (unpaired) electrons. The molecule has 1 aromatic heterocycles. The molecule has 1 fully saturated rings. The van der Waals surface area contributed by atoms with E-state index in [9.17, 15) is 4.79 Å². The quantitative estimate of drug-likeness (QED) is 0.637. The number of fused-ring (bicyclic) bond motifs is 1. The van der Waals surface area contributed by atoms with E-state index in [0.717, 1.165) is 54.9 Å². The lowest BCUT2D eigenvalue weighted by molar-refractivity contribution is -0.487. The van der Waals surface area contributed by atoms with Crippen LogP contribution in [0.1, 0.15) is 47.3 Å². The standard InChI is InChI=1S/C25H31N7O2/c1-31-14-17(15-31)27-23-22-21(29-25(30-23)28-20-6-4-3-5-19(20)26)11-12-32(24(22)33)13-16-7-9-18(34-2)10-8-16/h7-10,14,19-20H,3-6,11-13,15,26H2,1-2H3/p+1. The zero-order valence-electron chi connectivity index (χ0n) is 19.8. The Morgan fingerprint density at radius 1 is 1.24 bits per heavy atom. The van der Waals surface area contributed by atoms with Gasteiger partial charge in [0.15, 0.2) is 24.3 Å². The summed E-state index contributed by atoms with van der Waals surface area (Å²) in [6.07, 6.45) is 6.92. The maximum Gasteiger partial charge on any atom is 0.259 e. The minimum absolute atomic E-state index is 0.0787. The van der Waals surface area contributed by atoms with Crippen LogP contribution in [0, 0.1) is 0 Å². The highest BCUT2D eigenvalue weighted by molar-refractivity contribution is 6.33. The summed E-state index contributed by atoms with van der Waals surface area (Å²) in [5.41, 5.74) is 9.55. The molecule has 1 aromatic carbocycles. The molecule has 5 rings (SSSR count). The predicted molar refractivity (Wildman–Crippen MR) is 132 cm³/mol. The van der Waals surface area contributed by atoms with Gasteiger partial charge in [0.1, 0.15) is 18.4 Å². The Morgan fingerprint density at radius 2 is 2.00 bits per heavy atom. The summed E-state index contributed by atoms with van der Waals surface area (Å²) in [5.74, 6) is 1.68. The van der Waals surface area contributed by atoms with Gasteiger partial charge in [-0.25, -0.2) is 14.6 Å². The SMILES string of the molecule is COc1ccc(CN2CCc3nc(NC4CCCCC4N)nc(N=C4C=[N+](C)C4)c3C2=O)cc1. The van der Waals surface area contributed by atoms with Crippen LogP contribution in [-0.2, 0) is 13.0 Å². The number of nitrogens with two attached hydrogens (primary N) is 1. The van der Waals surface area contributed by atoms with E-state index >= 15 is 0 Å². The van der Waals surface area contributed by atoms with Crippen molar-refractivity contribution in [1.29, 1.82) is 0 Å². The largest absolute Gasteiger partial charge is 0.497 e. The van der Waals surface area contributed by atoms with Gasteiger partial charge in [-0.3, -0.25) is 4.79 Å². The summed E-state index contributed by atoms with van der Waals surface area (Å²) in [4.78, 5) is 29.6. The third kappa shape index (κ3) is 4.65. The summed E-state index contributed by atoms with van der Waals surface area (Å²) in [5, 5.41) is 3.44. The van der Waals surface area contributed by atoms with Gasteiger partial charge < -0.3 is 20.7 Å². The smallest absolute Gasteiger partial charge is 0.259 e. The Balaban J connectivity index is 1.44. The van der Waals surface area contributed by atoms with Crippen molar-refractivity contribution in [2.24, 2.45) is 10.7 Å². The van der Waals surface area contributed by atoms with Crippen LogP contribution >= 0.6 is 0 Å². The number of carbonyl (C=O) groups excluding carboxylic acids is 1. The minimum atomic E-state index is -0.0787. The van der Waals surface area contributed by atoms with Crippen molar-refractivity contribution in [1.82, 2.24) is 14.9 Å². The summed E-state index contributed by atoms with van der Waals surface area (Å²) in [6.45, 7) is 1.85. The number of aromatic nitrogens is 2. The van der Waals surface area contributed by atoms with Crippen molar-refractivity contribution in [3.63, 3.8) is 0 Å². The first-order valence-corrected chi connectivity index (χ1v) is 12.0. The monoisotopic (exact) mass is 462 g/mol. The molecule has 34 heavy (non-hydrogen) atoms. The Hall–Kier alpha value is -3.33. The predicted octanol–water partition coefficient (Wildman–Crippen LogP) is 2.16. The second-order valence-electron chi connectivity index (χ2n) is 9.36. The van der Waals surface area contributed by atoms with E-state index in [2.05, 4.69) is 5.32 Å². The van der Waals surface area contributed by atoms with Crippen molar-refractivity contribution in [3.05, 3.63) is 41.1 Å². The lowest BCUT2D eigenvalue weighted by Crippen LogP contribution is -2.43. The molecule has 3 N–H and O–H groups in total. The van der Waals surface area contributed by atoms with Gasteiger partial charge in [-0.15, -0.1) is 0 Å². The zero-order chi connectivity index (χ0) is 23.7. The number of methoxy groups -OCH3 is 1. The first kappa shape index (κ1) is 22.5. The van der Waals surface area contributed by atoms with Gasteiger partial charge in [0.25, 0.3) is 5.91 Å². The number of ether oxygens (including phenoxy) is 1. The third-order valence-corrected chi connectivity index (χ3v) is 6.78. The molecule has 0 saturated heterocycles. The average molecular weight is 463 g/mol. The van der Waals surface area contributed by atoms with Crippen molar-refractivity contribution in [2.45, 2.75) is 50.7 Å². The van der Waals surface area contributed by atoms with Crippen LogP contribution in [0.5, 0.6) is 5.75 Å². The van der Waals surface area contributed by atoms with Crippen LogP contribution in [0.15, 0.2) is 29.3 Å². The lowest BCUT2D eigenvalue weighted by atomic mass is 9.91. The highest BCUT2D eigenvalue weighted by atomic mass is 16.5. The molecule has 2 unspecified atom stereocenters. The van der Waals surface area contributed by atoms with Gasteiger partial charge in [-0.1, -0.05) is 25.0 Å². The number of nitrogens with zero attached hydrogens (tertiary/aromatic N) is 5. The normalized spacial score (nSPS) is 23.3. The minimum Gasteiger partial charge on any atom is -0.497 e. The van der Waals surface area contributed by atoms with Gasteiger partial charge in [0.2, 0.25) is 5.95 Å². The molecule has 3 aliphatic rings. The lowest BCUT2D eigenvalue weighted by Gasteiger charge is -2.31. The Morgan fingerprint density at radius 3 is 2.71 bits per heavy atom. The van der Waals surface area contributed by atoms with E-state index in [-0.39, 0.29) is 18.0 Å².